The number of nitrogens with one attached hydrogen (secondary N) is 1. The fourth-order valence-corrected chi connectivity index (χ4v) is 4.23. The second-order valence-electron chi connectivity index (χ2n) is 7.69. The predicted molar refractivity (Wildman–Crippen MR) is 131 cm³/mol. The minimum absolute atomic E-state index is 0.110. The van der Waals surface area contributed by atoms with Crippen LogP contribution in [0, 0.1) is 5.82 Å². The van der Waals surface area contributed by atoms with Crippen molar-refractivity contribution in [3.8, 4) is 16.9 Å². The molecule has 0 spiro atoms. The number of fused-ring (bicyclic) bond motifs is 1. The van der Waals surface area contributed by atoms with E-state index in [1.54, 1.807) is 30.3 Å². The summed E-state index contributed by atoms with van der Waals surface area (Å²) in [6, 6.07) is 21.0. The number of benzene rings is 4. The van der Waals surface area contributed by atoms with Gasteiger partial charge in [-0.15, -0.1) is 0 Å². The number of hydrogen-bond acceptors (Lipinski definition) is 7. The van der Waals surface area contributed by atoms with E-state index in [0.29, 0.717) is 16.6 Å². The molecule has 0 fully saturated rings. The van der Waals surface area contributed by atoms with Crippen LogP contribution >= 0.6 is 0 Å². The van der Waals surface area contributed by atoms with Crippen LogP contribution in [0.15, 0.2) is 89.6 Å². The Hall–Kier alpha value is -4.61. The molecule has 0 radical (unpaired) electrons. The highest BCUT2D eigenvalue weighted by Gasteiger charge is 2.17. The Morgan fingerprint density at radius 2 is 1.61 bits per heavy atom. The lowest BCUT2D eigenvalue weighted by molar-refractivity contribution is 0.102. The van der Waals surface area contributed by atoms with Gasteiger partial charge in [0.05, 0.1) is 22.6 Å². The molecule has 4 aromatic carbocycles. The van der Waals surface area contributed by atoms with Crippen LogP contribution in [0.5, 0.6) is 5.75 Å². The van der Waals surface area contributed by atoms with Gasteiger partial charge in [-0.3, -0.25) is 13.3 Å². The van der Waals surface area contributed by atoms with Crippen molar-refractivity contribution in [2.45, 2.75) is 0 Å². The van der Waals surface area contributed by atoms with Gasteiger partial charge in [0, 0.05) is 11.3 Å². The van der Waals surface area contributed by atoms with Crippen molar-refractivity contribution in [3.63, 3.8) is 0 Å². The summed E-state index contributed by atoms with van der Waals surface area (Å²) >= 11 is -2.83. The van der Waals surface area contributed by atoms with Crippen molar-refractivity contribution >= 4 is 45.3 Å². The molecule has 9 nitrogen and oxygen atoms in total. The number of anilines is 3. The molecule has 11 heteroatoms. The van der Waals surface area contributed by atoms with Crippen LogP contribution in [0.2, 0.25) is 0 Å². The first-order valence-electron chi connectivity index (χ1n) is 10.5. The first-order valence-corrected chi connectivity index (χ1v) is 11.5. The van der Waals surface area contributed by atoms with E-state index in [9.17, 15) is 23.1 Å². The summed E-state index contributed by atoms with van der Waals surface area (Å²) < 4.78 is 42.6. The average Bonchev–Trinajstić information content (AvgIpc) is 3.35. The number of aromatic hydroxyl groups is 1. The quantitative estimate of drug-likeness (QED) is 0.248. The lowest BCUT2D eigenvalue weighted by atomic mass is 10.0. The Balaban J connectivity index is 1.37. The van der Waals surface area contributed by atoms with Gasteiger partial charge in [0.1, 0.15) is 22.6 Å². The van der Waals surface area contributed by atoms with Crippen molar-refractivity contribution < 1.29 is 27.7 Å². The maximum absolute atomic E-state index is 13.3. The van der Waals surface area contributed by atoms with Gasteiger partial charge in [-0.2, -0.15) is 0 Å². The number of nitrogens with zero attached hydrogens (tertiary/aromatic N) is 3. The zero-order valence-corrected chi connectivity index (χ0v) is 19.1. The van der Waals surface area contributed by atoms with E-state index in [0.717, 1.165) is 27.6 Å². The maximum Gasteiger partial charge on any atom is 0.255 e. The summed E-state index contributed by atoms with van der Waals surface area (Å²) in [6.45, 7) is 0. The number of hydrogen-bond donors (Lipinski definition) is 2. The zero-order valence-electron chi connectivity index (χ0n) is 18.3. The summed E-state index contributed by atoms with van der Waals surface area (Å²) in [5, 5.41) is 20.6. The Bertz CT molecular complexity index is 1590. The minimum atomic E-state index is -2.83. The first kappa shape index (κ1) is 23.1. The van der Waals surface area contributed by atoms with E-state index in [4.69, 9.17) is 4.63 Å². The van der Waals surface area contributed by atoms with Crippen LogP contribution in [0.3, 0.4) is 0 Å². The lowest BCUT2D eigenvalue weighted by Crippen LogP contribution is -2.20. The Labute approximate surface area is 206 Å². The SMILES string of the molecule is O=C(Nc1ccc(O)c(N(c2ccc(F)cc2)S(=O)[O-])c1)c1ccc(-c2ccc3nonc3c2)cc1. The predicted octanol–water partition coefficient (Wildman–Crippen LogP) is 4.92. The highest BCUT2D eigenvalue weighted by molar-refractivity contribution is 7.81. The molecular formula is C25H16FN4O5S-. The van der Waals surface area contributed by atoms with Crippen molar-refractivity contribution in [1.82, 2.24) is 10.3 Å². The number of carbonyl (C=O) groups excluding carboxylic acids is 1. The zero-order chi connectivity index (χ0) is 25.2. The number of aromatic nitrogens is 2. The number of phenols is 1. The van der Waals surface area contributed by atoms with Gasteiger partial charge in [0.2, 0.25) is 0 Å². The lowest BCUT2D eigenvalue weighted by Gasteiger charge is -2.27. The molecule has 180 valence electrons. The molecular weight excluding hydrogens is 487 g/mol. The Kier molecular flexibility index (Phi) is 6.15. The summed E-state index contributed by atoms with van der Waals surface area (Å²) in [7, 11) is 0. The van der Waals surface area contributed by atoms with Gasteiger partial charge in [0.15, 0.2) is 0 Å². The standard InChI is InChI=1S/C25H17FN4O5S/c26-18-6-9-20(10-7-18)30(36(33)34)23-14-19(8-12-24(23)31)27-25(32)16-3-1-15(2-4-16)17-5-11-21-22(13-17)29-35-28-21/h1-14,31H,(H,27,32)(H,33,34)/p-1. The van der Waals surface area contributed by atoms with E-state index >= 15 is 0 Å². The molecule has 1 amide bonds. The molecule has 0 aliphatic heterocycles. The minimum Gasteiger partial charge on any atom is -0.755 e. The molecule has 1 heterocycles. The normalized spacial score (nSPS) is 11.8. The molecule has 2 N–H and O–H groups in total. The molecule has 0 bridgehead atoms. The first-order chi connectivity index (χ1) is 17.4. The van der Waals surface area contributed by atoms with E-state index < -0.39 is 23.0 Å². The van der Waals surface area contributed by atoms with Crippen molar-refractivity contribution in [2.24, 2.45) is 0 Å². The van der Waals surface area contributed by atoms with E-state index in [1.807, 2.05) is 12.1 Å². The van der Waals surface area contributed by atoms with Gasteiger partial charge < -0.3 is 15.0 Å². The summed E-state index contributed by atoms with van der Waals surface area (Å²) in [4.78, 5) is 12.8. The maximum atomic E-state index is 13.3. The van der Waals surface area contributed by atoms with Crippen LogP contribution in [0.4, 0.5) is 21.5 Å². The van der Waals surface area contributed by atoms with Gasteiger partial charge in [0.25, 0.3) is 5.91 Å². The van der Waals surface area contributed by atoms with Gasteiger partial charge in [-0.05, 0) is 88.2 Å². The van der Waals surface area contributed by atoms with E-state index in [1.165, 1.54) is 30.3 Å². The highest BCUT2D eigenvalue weighted by atomic mass is 32.2. The number of carbonyl (C=O) groups is 1. The molecule has 5 aromatic rings. The summed E-state index contributed by atoms with van der Waals surface area (Å²) in [6.07, 6.45) is 0. The van der Waals surface area contributed by atoms with Crippen LogP contribution < -0.4 is 9.62 Å². The fourth-order valence-electron chi connectivity index (χ4n) is 3.62. The molecule has 5 rings (SSSR count). The summed E-state index contributed by atoms with van der Waals surface area (Å²) in [5.74, 6) is -1.32. The van der Waals surface area contributed by atoms with Gasteiger partial charge in [-0.1, -0.05) is 18.2 Å². The smallest absolute Gasteiger partial charge is 0.255 e. The second kappa shape index (κ2) is 9.56. The number of rotatable bonds is 6. The molecule has 0 aliphatic rings. The molecule has 0 aliphatic carbocycles. The van der Waals surface area contributed by atoms with Crippen LogP contribution in [-0.4, -0.2) is 30.1 Å². The molecule has 0 saturated heterocycles. The third-order valence-corrected chi connectivity index (χ3v) is 6.10. The summed E-state index contributed by atoms with van der Waals surface area (Å²) in [5.41, 5.74) is 3.60. The van der Waals surface area contributed by atoms with Gasteiger partial charge >= 0.3 is 0 Å². The van der Waals surface area contributed by atoms with Crippen LogP contribution in [0.1, 0.15) is 10.4 Å². The Morgan fingerprint density at radius 1 is 0.917 bits per heavy atom. The number of phenolic OH excluding ortho intramolecular Hbond substituents is 1. The third kappa shape index (κ3) is 4.65. The second-order valence-corrected chi connectivity index (χ2v) is 8.49. The average molecular weight is 503 g/mol. The molecule has 1 atom stereocenters. The van der Waals surface area contributed by atoms with Gasteiger partial charge in [-0.25, -0.2) is 9.02 Å². The van der Waals surface area contributed by atoms with Crippen molar-refractivity contribution in [3.05, 3.63) is 96.3 Å². The van der Waals surface area contributed by atoms with Crippen molar-refractivity contribution in [2.75, 3.05) is 9.62 Å². The topological polar surface area (TPSA) is 132 Å². The highest BCUT2D eigenvalue weighted by Crippen LogP contribution is 2.36. The van der Waals surface area contributed by atoms with Crippen molar-refractivity contribution in [1.29, 1.82) is 0 Å². The molecule has 0 saturated carbocycles. The van der Waals surface area contributed by atoms with Crippen LogP contribution in [-0.2, 0) is 11.3 Å². The number of amides is 1. The molecule has 1 aromatic heterocycles. The molecule has 1 unspecified atom stereocenters. The molecule has 36 heavy (non-hydrogen) atoms. The largest absolute Gasteiger partial charge is 0.755 e. The monoisotopic (exact) mass is 503 g/mol. The van der Waals surface area contributed by atoms with Crippen LogP contribution in [0.25, 0.3) is 22.2 Å². The Morgan fingerprint density at radius 3 is 2.33 bits per heavy atom. The third-order valence-electron chi connectivity index (χ3n) is 5.40. The fraction of sp³-hybridized carbons (Fsp3) is 0. The van der Waals surface area contributed by atoms with E-state index in [2.05, 4.69) is 15.6 Å². The number of halogens is 1. The van der Waals surface area contributed by atoms with E-state index in [-0.39, 0.29) is 22.8 Å².